The third kappa shape index (κ3) is 5.87. The highest BCUT2D eigenvalue weighted by molar-refractivity contribution is 6.05. The summed E-state index contributed by atoms with van der Waals surface area (Å²) >= 11 is 0. The molecule has 0 radical (unpaired) electrons. The number of likely N-dealkylation sites (tertiary alicyclic amines) is 2. The number of amides is 1. The molecule has 2 aliphatic rings. The van der Waals surface area contributed by atoms with Gasteiger partial charge in [-0.05, 0) is 82.2 Å². The van der Waals surface area contributed by atoms with Crippen molar-refractivity contribution < 1.29 is 9.53 Å². The second kappa shape index (κ2) is 12.2. The van der Waals surface area contributed by atoms with E-state index in [0.29, 0.717) is 34.6 Å². The van der Waals surface area contributed by atoms with E-state index in [2.05, 4.69) is 32.1 Å². The lowest BCUT2D eigenvalue weighted by atomic mass is 9.98. The van der Waals surface area contributed by atoms with E-state index in [1.165, 1.54) is 32.3 Å². The number of benzene rings is 2. The van der Waals surface area contributed by atoms with Gasteiger partial charge in [0.25, 0.3) is 5.91 Å². The number of nitrogen functional groups attached to an aromatic ring is 1. The fourth-order valence-electron chi connectivity index (χ4n) is 6.35. The first kappa shape index (κ1) is 28.9. The summed E-state index contributed by atoms with van der Waals surface area (Å²) in [6.07, 6.45) is 6.01. The fourth-order valence-corrected chi connectivity index (χ4v) is 6.35. The molecule has 2 saturated heterocycles. The third-order valence-corrected chi connectivity index (χ3v) is 8.94. The maximum atomic E-state index is 13.0. The van der Waals surface area contributed by atoms with Crippen LogP contribution in [-0.2, 0) is 0 Å². The van der Waals surface area contributed by atoms with Crippen molar-refractivity contribution in [3.63, 3.8) is 0 Å². The molecule has 2 aromatic heterocycles. The standard InChI is InChI=1S/C32H41N9O2/c1-38(2)23-8-5-21(6-9-23)32(42)36-26-10-7-22(19-27(26)43-4)29-28-30(33)34-20-35-31(28)41(37-29)25-13-17-40(18-14-25)24-11-15-39(3)16-12-24/h5-10,19-20,24-25H,11-18H2,1-4H3,(H,36,42)(H2,33,34,35). The Hall–Kier alpha value is -4.22. The van der Waals surface area contributed by atoms with Crippen molar-refractivity contribution in [2.75, 3.05) is 70.4 Å². The lowest BCUT2D eigenvalue weighted by Crippen LogP contribution is -2.47. The van der Waals surface area contributed by atoms with Gasteiger partial charge in [-0.3, -0.25) is 4.79 Å². The Balaban J connectivity index is 1.24. The number of hydrogen-bond donors (Lipinski definition) is 2. The van der Waals surface area contributed by atoms with Crippen LogP contribution in [0.1, 0.15) is 42.1 Å². The van der Waals surface area contributed by atoms with E-state index in [-0.39, 0.29) is 11.9 Å². The smallest absolute Gasteiger partial charge is 0.255 e. The summed E-state index contributed by atoms with van der Waals surface area (Å²) in [5.74, 6) is 0.711. The number of methoxy groups -OCH3 is 1. The van der Waals surface area contributed by atoms with Gasteiger partial charge in [-0.2, -0.15) is 5.10 Å². The van der Waals surface area contributed by atoms with Crippen molar-refractivity contribution in [2.45, 2.75) is 37.8 Å². The number of hydrogen-bond acceptors (Lipinski definition) is 9. The van der Waals surface area contributed by atoms with Crippen LogP contribution in [0, 0.1) is 0 Å². The largest absolute Gasteiger partial charge is 0.495 e. The molecule has 226 valence electrons. The number of nitrogens with zero attached hydrogens (tertiary/aromatic N) is 7. The summed E-state index contributed by atoms with van der Waals surface area (Å²) in [6.45, 7) is 4.44. The maximum absolute atomic E-state index is 13.0. The van der Waals surface area contributed by atoms with Gasteiger partial charge in [0.15, 0.2) is 5.65 Å². The molecular formula is C32H41N9O2. The first-order valence-corrected chi connectivity index (χ1v) is 15.0. The van der Waals surface area contributed by atoms with Gasteiger partial charge in [-0.1, -0.05) is 6.07 Å². The minimum atomic E-state index is -0.213. The highest BCUT2D eigenvalue weighted by Crippen LogP contribution is 2.37. The van der Waals surface area contributed by atoms with E-state index in [9.17, 15) is 4.79 Å². The predicted octanol–water partition coefficient (Wildman–Crippen LogP) is 4.13. The number of carbonyl (C=O) groups is 1. The molecule has 43 heavy (non-hydrogen) atoms. The molecule has 0 atom stereocenters. The minimum absolute atomic E-state index is 0.213. The first-order valence-electron chi connectivity index (χ1n) is 15.0. The molecule has 2 aromatic carbocycles. The predicted molar refractivity (Wildman–Crippen MR) is 171 cm³/mol. The number of piperidine rings is 2. The van der Waals surface area contributed by atoms with Crippen LogP contribution in [0.2, 0.25) is 0 Å². The second-order valence-corrected chi connectivity index (χ2v) is 11.9. The van der Waals surface area contributed by atoms with Gasteiger partial charge in [0.1, 0.15) is 23.6 Å². The Morgan fingerprint density at radius 3 is 2.35 bits per heavy atom. The Labute approximate surface area is 252 Å². The van der Waals surface area contributed by atoms with Crippen molar-refractivity contribution in [1.29, 1.82) is 0 Å². The first-order chi connectivity index (χ1) is 20.8. The molecule has 0 aliphatic carbocycles. The van der Waals surface area contributed by atoms with E-state index < -0.39 is 0 Å². The molecule has 4 heterocycles. The van der Waals surface area contributed by atoms with Crippen molar-refractivity contribution >= 4 is 34.1 Å². The van der Waals surface area contributed by atoms with Crippen molar-refractivity contribution in [2.24, 2.45) is 0 Å². The number of rotatable bonds is 7. The molecule has 2 fully saturated rings. The average molecular weight is 584 g/mol. The van der Waals surface area contributed by atoms with Crippen LogP contribution < -0.4 is 20.7 Å². The van der Waals surface area contributed by atoms with Crippen LogP contribution in [0.25, 0.3) is 22.3 Å². The molecule has 3 N–H and O–H groups in total. The maximum Gasteiger partial charge on any atom is 0.255 e. The fraction of sp³-hybridized carbons (Fsp3) is 0.438. The van der Waals surface area contributed by atoms with Crippen LogP contribution in [0.4, 0.5) is 17.2 Å². The average Bonchev–Trinajstić information content (AvgIpc) is 3.43. The highest BCUT2D eigenvalue weighted by atomic mass is 16.5. The number of aromatic nitrogens is 4. The van der Waals surface area contributed by atoms with Crippen molar-refractivity contribution in [3.05, 3.63) is 54.4 Å². The highest BCUT2D eigenvalue weighted by Gasteiger charge is 2.30. The van der Waals surface area contributed by atoms with Crippen LogP contribution in [0.15, 0.2) is 48.8 Å². The molecule has 2 aliphatic heterocycles. The summed E-state index contributed by atoms with van der Waals surface area (Å²) in [5, 5.41) is 8.81. The Morgan fingerprint density at radius 2 is 1.67 bits per heavy atom. The molecule has 11 nitrogen and oxygen atoms in total. The molecule has 0 spiro atoms. The van der Waals surface area contributed by atoms with E-state index in [4.69, 9.17) is 15.6 Å². The zero-order valence-electron chi connectivity index (χ0n) is 25.5. The number of nitrogens with one attached hydrogen (secondary N) is 1. The normalized spacial score (nSPS) is 17.3. The topological polar surface area (TPSA) is 118 Å². The third-order valence-electron chi connectivity index (χ3n) is 8.94. The summed E-state index contributed by atoms with van der Waals surface area (Å²) < 4.78 is 7.76. The minimum Gasteiger partial charge on any atom is -0.495 e. The van der Waals surface area contributed by atoms with Gasteiger partial charge < -0.3 is 30.5 Å². The van der Waals surface area contributed by atoms with Gasteiger partial charge in [-0.25, -0.2) is 14.6 Å². The van der Waals surface area contributed by atoms with Gasteiger partial charge in [0.05, 0.1) is 24.2 Å². The molecule has 1 amide bonds. The number of carbonyl (C=O) groups excluding carboxylic acids is 1. The van der Waals surface area contributed by atoms with Crippen LogP contribution >= 0.6 is 0 Å². The van der Waals surface area contributed by atoms with Crippen molar-refractivity contribution in [3.8, 4) is 17.0 Å². The van der Waals surface area contributed by atoms with Crippen molar-refractivity contribution in [1.82, 2.24) is 29.5 Å². The molecule has 4 aromatic rings. The Bertz CT molecular complexity index is 1580. The SMILES string of the molecule is COc1cc(-c2nn(C3CCN(C4CCN(C)CC4)CC3)c3ncnc(N)c23)ccc1NC(=O)c1ccc(N(C)C)cc1. The van der Waals surface area contributed by atoms with Gasteiger partial charge in [-0.15, -0.1) is 0 Å². The molecule has 11 heteroatoms. The van der Waals surface area contributed by atoms with Crippen LogP contribution in [-0.4, -0.2) is 95.9 Å². The summed E-state index contributed by atoms with van der Waals surface area (Å²) in [4.78, 5) is 29.0. The monoisotopic (exact) mass is 583 g/mol. The Kier molecular flexibility index (Phi) is 8.18. The van der Waals surface area contributed by atoms with Gasteiger partial charge >= 0.3 is 0 Å². The summed E-state index contributed by atoms with van der Waals surface area (Å²) in [6, 6.07) is 14.0. The van der Waals surface area contributed by atoms with Gasteiger partial charge in [0, 0.05) is 50.0 Å². The molecule has 0 saturated carbocycles. The van der Waals surface area contributed by atoms with Crippen LogP contribution in [0.5, 0.6) is 5.75 Å². The molecule has 0 unspecified atom stereocenters. The van der Waals surface area contributed by atoms with Gasteiger partial charge in [0.2, 0.25) is 0 Å². The number of ether oxygens (including phenoxy) is 1. The molecule has 0 bridgehead atoms. The zero-order valence-corrected chi connectivity index (χ0v) is 25.5. The Morgan fingerprint density at radius 1 is 0.977 bits per heavy atom. The number of nitrogens with two attached hydrogens (primary N) is 1. The molecule has 6 rings (SSSR count). The van der Waals surface area contributed by atoms with E-state index in [0.717, 1.165) is 48.2 Å². The van der Waals surface area contributed by atoms with E-state index in [1.54, 1.807) is 7.11 Å². The lowest BCUT2D eigenvalue weighted by Gasteiger charge is -2.41. The summed E-state index contributed by atoms with van der Waals surface area (Å²) in [7, 11) is 7.73. The van der Waals surface area contributed by atoms with E-state index >= 15 is 0 Å². The quantitative estimate of drug-likeness (QED) is 0.331. The second-order valence-electron chi connectivity index (χ2n) is 11.9. The zero-order chi connectivity index (χ0) is 30.1. The molecular weight excluding hydrogens is 542 g/mol. The number of anilines is 3. The van der Waals surface area contributed by atoms with E-state index in [1.807, 2.05) is 66.1 Å². The lowest BCUT2D eigenvalue weighted by molar-refractivity contribution is 0.0859. The summed E-state index contributed by atoms with van der Waals surface area (Å²) in [5.41, 5.74) is 10.9. The van der Waals surface area contributed by atoms with Crippen LogP contribution in [0.3, 0.4) is 0 Å². The number of fused-ring (bicyclic) bond motifs is 1.